The van der Waals surface area contributed by atoms with Crippen LogP contribution in [0.2, 0.25) is 0 Å². The summed E-state index contributed by atoms with van der Waals surface area (Å²) in [4.78, 5) is 11.8. The predicted octanol–water partition coefficient (Wildman–Crippen LogP) is 3.31. The quantitative estimate of drug-likeness (QED) is 0.925. The molecule has 0 fully saturated rings. The molecule has 2 rings (SSSR count). The molecule has 0 unspecified atom stereocenters. The van der Waals surface area contributed by atoms with Crippen molar-refractivity contribution < 1.29 is 13.6 Å². The number of carbonyl (C=O) groups is 1. The highest BCUT2D eigenvalue weighted by molar-refractivity contribution is 9.10. The first-order chi connectivity index (χ1) is 8.61. The Hall–Kier alpha value is -2.13. The van der Waals surface area contributed by atoms with Gasteiger partial charge in [0.15, 0.2) is 4.67 Å². The van der Waals surface area contributed by atoms with Crippen molar-refractivity contribution in [1.82, 2.24) is 0 Å². The number of rotatable bonds is 2. The van der Waals surface area contributed by atoms with Crippen LogP contribution in [0.1, 0.15) is 15.9 Å². The van der Waals surface area contributed by atoms with Gasteiger partial charge in [0.2, 0.25) is 0 Å². The average molecular weight is 309 g/mol. The van der Waals surface area contributed by atoms with E-state index in [-0.39, 0.29) is 11.3 Å². The highest BCUT2D eigenvalue weighted by atomic mass is 79.9. The number of hydrogen-bond acceptors (Lipinski definition) is 3. The van der Waals surface area contributed by atoms with E-state index in [4.69, 9.17) is 9.68 Å². The van der Waals surface area contributed by atoms with E-state index < -0.39 is 11.7 Å². The normalized spacial score (nSPS) is 9.83. The van der Waals surface area contributed by atoms with Crippen molar-refractivity contribution >= 4 is 27.5 Å². The first-order valence-electron chi connectivity index (χ1n) is 4.86. The molecule has 2 aromatic rings. The summed E-state index contributed by atoms with van der Waals surface area (Å²) in [5.41, 5.74) is 0.600. The molecule has 0 atom stereocenters. The molecular weight excluding hydrogens is 303 g/mol. The van der Waals surface area contributed by atoms with Gasteiger partial charge >= 0.3 is 0 Å². The molecule has 0 spiro atoms. The molecule has 1 amide bonds. The van der Waals surface area contributed by atoms with Crippen LogP contribution in [0.15, 0.2) is 39.6 Å². The second-order valence-electron chi connectivity index (χ2n) is 3.36. The van der Waals surface area contributed by atoms with Crippen molar-refractivity contribution in [2.24, 2.45) is 0 Å². The minimum Gasteiger partial charge on any atom is -0.457 e. The fraction of sp³-hybridized carbons (Fsp3) is 0. The smallest absolute Gasteiger partial charge is 0.260 e. The van der Waals surface area contributed by atoms with Gasteiger partial charge < -0.3 is 9.73 Å². The molecule has 1 aromatic carbocycles. The Kier molecular flexibility index (Phi) is 3.44. The van der Waals surface area contributed by atoms with Crippen molar-refractivity contribution in [3.05, 3.63) is 52.1 Å². The second kappa shape index (κ2) is 5.02. The summed E-state index contributed by atoms with van der Waals surface area (Å²) in [6, 6.07) is 6.85. The fourth-order valence-corrected chi connectivity index (χ4v) is 1.78. The lowest BCUT2D eigenvalue weighted by Gasteiger charge is -2.05. The Morgan fingerprint density at radius 3 is 2.83 bits per heavy atom. The maximum Gasteiger partial charge on any atom is 0.260 e. The molecule has 6 heteroatoms. The minimum atomic E-state index is -0.533. The lowest BCUT2D eigenvalue weighted by atomic mass is 10.2. The lowest BCUT2D eigenvalue weighted by Crippen LogP contribution is -2.12. The van der Waals surface area contributed by atoms with E-state index in [1.165, 1.54) is 24.5 Å². The molecule has 1 heterocycles. The van der Waals surface area contributed by atoms with Crippen LogP contribution in [0.25, 0.3) is 0 Å². The first-order valence-corrected chi connectivity index (χ1v) is 5.65. The number of hydrogen-bond donors (Lipinski definition) is 1. The van der Waals surface area contributed by atoms with E-state index in [0.717, 1.165) is 6.07 Å². The molecule has 0 saturated carbocycles. The molecule has 18 heavy (non-hydrogen) atoms. The largest absolute Gasteiger partial charge is 0.457 e. The molecule has 0 aliphatic rings. The van der Waals surface area contributed by atoms with Gasteiger partial charge in [-0.3, -0.25) is 4.79 Å². The van der Waals surface area contributed by atoms with Gasteiger partial charge in [0.05, 0.1) is 23.1 Å². The van der Waals surface area contributed by atoms with Crippen LogP contribution in [0.5, 0.6) is 0 Å². The van der Waals surface area contributed by atoms with Crippen molar-refractivity contribution in [3.8, 4) is 6.07 Å². The first kappa shape index (κ1) is 12.3. The number of nitriles is 1. The van der Waals surface area contributed by atoms with E-state index in [1.54, 1.807) is 0 Å². The van der Waals surface area contributed by atoms with Gasteiger partial charge in [0.1, 0.15) is 11.9 Å². The van der Waals surface area contributed by atoms with Crippen LogP contribution in [-0.2, 0) is 0 Å². The number of nitrogens with zero attached hydrogens (tertiary/aromatic N) is 1. The summed E-state index contributed by atoms with van der Waals surface area (Å²) >= 11 is 3.07. The third-order valence-corrected chi connectivity index (χ3v) is 2.83. The standard InChI is InChI=1S/C12H6BrFN2O2/c13-11-9(3-4-18-11)12(17)16-10-2-1-8(14)5-7(10)6-15/h1-5H,(H,16,17). The summed E-state index contributed by atoms with van der Waals surface area (Å²) in [6.45, 7) is 0. The maximum atomic E-state index is 12.9. The van der Waals surface area contributed by atoms with Gasteiger partial charge in [0, 0.05) is 0 Å². The summed E-state index contributed by atoms with van der Waals surface area (Å²) in [5.74, 6) is -0.979. The average Bonchev–Trinajstić information content (AvgIpc) is 2.77. The Balaban J connectivity index is 2.28. The van der Waals surface area contributed by atoms with Crippen LogP contribution in [-0.4, -0.2) is 5.91 Å². The van der Waals surface area contributed by atoms with Gasteiger partial charge in [-0.2, -0.15) is 5.26 Å². The van der Waals surface area contributed by atoms with Crippen molar-refractivity contribution in [2.75, 3.05) is 5.32 Å². The zero-order valence-corrected chi connectivity index (χ0v) is 10.5. The third-order valence-electron chi connectivity index (χ3n) is 2.21. The summed E-state index contributed by atoms with van der Waals surface area (Å²) < 4.78 is 18.1. The number of benzene rings is 1. The van der Waals surface area contributed by atoms with Gasteiger partial charge in [0.25, 0.3) is 5.91 Å². The Bertz CT molecular complexity index is 646. The summed E-state index contributed by atoms with van der Waals surface area (Å²) in [5, 5.41) is 11.4. The molecule has 1 N–H and O–H groups in total. The van der Waals surface area contributed by atoms with Gasteiger partial charge in [-0.15, -0.1) is 0 Å². The molecule has 0 bridgehead atoms. The molecule has 1 aromatic heterocycles. The highest BCUT2D eigenvalue weighted by Gasteiger charge is 2.14. The van der Waals surface area contributed by atoms with Crippen molar-refractivity contribution in [2.45, 2.75) is 0 Å². The molecule has 4 nitrogen and oxygen atoms in total. The zero-order valence-electron chi connectivity index (χ0n) is 8.91. The number of anilines is 1. The molecule has 90 valence electrons. The van der Waals surface area contributed by atoms with Crippen molar-refractivity contribution in [3.63, 3.8) is 0 Å². The van der Waals surface area contributed by atoms with Gasteiger partial charge in [-0.05, 0) is 40.2 Å². The summed E-state index contributed by atoms with van der Waals surface area (Å²) in [6.07, 6.45) is 1.36. The minimum absolute atomic E-state index is 0.0583. The van der Waals surface area contributed by atoms with E-state index in [2.05, 4.69) is 21.2 Å². The topological polar surface area (TPSA) is 66.0 Å². The number of carbonyl (C=O) groups excluding carboxylic acids is 1. The summed E-state index contributed by atoms with van der Waals surface area (Å²) in [7, 11) is 0. The van der Waals surface area contributed by atoms with Gasteiger partial charge in [-0.25, -0.2) is 4.39 Å². The van der Waals surface area contributed by atoms with Crippen LogP contribution in [0.4, 0.5) is 10.1 Å². The van der Waals surface area contributed by atoms with Crippen LogP contribution in [0, 0.1) is 17.1 Å². The second-order valence-corrected chi connectivity index (χ2v) is 4.08. The molecular formula is C12H6BrFN2O2. The van der Waals surface area contributed by atoms with E-state index in [0.29, 0.717) is 10.2 Å². The van der Waals surface area contributed by atoms with Crippen LogP contribution < -0.4 is 5.32 Å². The van der Waals surface area contributed by atoms with Crippen molar-refractivity contribution in [1.29, 1.82) is 5.26 Å². The number of halogens is 2. The zero-order chi connectivity index (χ0) is 13.1. The van der Waals surface area contributed by atoms with Gasteiger partial charge in [-0.1, -0.05) is 0 Å². The Morgan fingerprint density at radius 2 is 2.22 bits per heavy atom. The van der Waals surface area contributed by atoms with E-state index in [9.17, 15) is 9.18 Å². The fourth-order valence-electron chi connectivity index (χ4n) is 1.36. The lowest BCUT2D eigenvalue weighted by molar-refractivity contribution is 0.102. The Labute approximate surface area is 110 Å². The number of furan rings is 1. The molecule has 0 saturated heterocycles. The molecule has 0 aliphatic heterocycles. The SMILES string of the molecule is N#Cc1cc(F)ccc1NC(=O)c1ccoc1Br. The highest BCUT2D eigenvalue weighted by Crippen LogP contribution is 2.21. The monoisotopic (exact) mass is 308 g/mol. The predicted molar refractivity (Wildman–Crippen MR) is 65.5 cm³/mol. The van der Waals surface area contributed by atoms with Crippen LogP contribution >= 0.6 is 15.9 Å². The third kappa shape index (κ3) is 2.41. The number of amides is 1. The Morgan fingerprint density at radius 1 is 1.44 bits per heavy atom. The van der Waals surface area contributed by atoms with E-state index >= 15 is 0 Å². The number of nitrogens with one attached hydrogen (secondary N) is 1. The maximum absolute atomic E-state index is 12.9. The van der Waals surface area contributed by atoms with Crippen LogP contribution in [0.3, 0.4) is 0 Å². The molecule has 0 radical (unpaired) electrons. The van der Waals surface area contributed by atoms with E-state index in [1.807, 2.05) is 6.07 Å². The molecule has 0 aliphatic carbocycles.